The van der Waals surface area contributed by atoms with Crippen molar-refractivity contribution in [2.45, 2.75) is 40.2 Å². The molecule has 0 aliphatic carbocycles. The monoisotopic (exact) mass is 219 g/mol. The molecule has 4 heteroatoms. The molecule has 0 aromatic heterocycles. The molecule has 0 aliphatic rings. The molecule has 1 radical (unpaired) electrons. The van der Waals surface area contributed by atoms with Crippen molar-refractivity contribution in [3.05, 3.63) is 6.42 Å². The predicted molar refractivity (Wildman–Crippen MR) is 60.0 cm³/mol. The summed E-state index contributed by atoms with van der Waals surface area (Å²) in [4.78, 5) is 0. The van der Waals surface area contributed by atoms with Gasteiger partial charge in [0.1, 0.15) is 0 Å². The van der Waals surface area contributed by atoms with Crippen molar-refractivity contribution in [3.63, 3.8) is 0 Å². The van der Waals surface area contributed by atoms with Crippen LogP contribution < -0.4 is 0 Å². The van der Waals surface area contributed by atoms with Crippen molar-refractivity contribution in [2.75, 3.05) is 19.8 Å². The van der Waals surface area contributed by atoms with Crippen molar-refractivity contribution < 1.29 is 13.3 Å². The number of unbranched alkanes of at least 4 members (excludes halogenated alkanes) is 1. The Hall–Kier alpha value is 0.0969. The molecule has 0 bridgehead atoms. The van der Waals surface area contributed by atoms with Gasteiger partial charge < -0.3 is 13.3 Å². The highest BCUT2D eigenvalue weighted by Gasteiger charge is 2.39. The fourth-order valence-electron chi connectivity index (χ4n) is 1.28. The van der Waals surface area contributed by atoms with E-state index in [1.54, 1.807) is 0 Å². The van der Waals surface area contributed by atoms with Gasteiger partial charge in [-0.1, -0.05) is 13.3 Å². The first-order chi connectivity index (χ1) is 6.74. The molecule has 0 fully saturated rings. The average molecular weight is 219 g/mol. The van der Waals surface area contributed by atoms with Crippen LogP contribution in [-0.2, 0) is 13.3 Å². The second kappa shape index (κ2) is 8.41. The van der Waals surface area contributed by atoms with Crippen LogP contribution in [0.4, 0.5) is 0 Å². The third kappa shape index (κ3) is 5.10. The van der Waals surface area contributed by atoms with E-state index in [0.717, 1.165) is 12.5 Å². The Kier molecular flexibility index (Phi) is 8.47. The van der Waals surface area contributed by atoms with Gasteiger partial charge in [-0.3, -0.25) is 0 Å². The second-order valence-corrected chi connectivity index (χ2v) is 5.52. The SMILES string of the molecule is CC[CH]C[Si](OCC)(OCC)OCC. The lowest BCUT2D eigenvalue weighted by Gasteiger charge is -2.28. The summed E-state index contributed by atoms with van der Waals surface area (Å²) in [5.74, 6) is 0. The normalized spacial score (nSPS) is 12.0. The van der Waals surface area contributed by atoms with E-state index in [1.165, 1.54) is 0 Å². The van der Waals surface area contributed by atoms with Gasteiger partial charge >= 0.3 is 8.80 Å². The van der Waals surface area contributed by atoms with Crippen LogP contribution in [0.25, 0.3) is 0 Å². The van der Waals surface area contributed by atoms with E-state index in [0.29, 0.717) is 19.8 Å². The molecule has 3 nitrogen and oxygen atoms in total. The summed E-state index contributed by atoms with van der Waals surface area (Å²) >= 11 is 0. The fourth-order valence-corrected chi connectivity index (χ4v) is 3.85. The van der Waals surface area contributed by atoms with Crippen LogP contribution in [-0.4, -0.2) is 28.6 Å². The van der Waals surface area contributed by atoms with Crippen molar-refractivity contribution in [3.8, 4) is 0 Å². The molecule has 0 spiro atoms. The lowest BCUT2D eigenvalue weighted by atomic mass is 10.4. The summed E-state index contributed by atoms with van der Waals surface area (Å²) in [7, 11) is -2.37. The van der Waals surface area contributed by atoms with Gasteiger partial charge in [-0.15, -0.1) is 0 Å². The lowest BCUT2D eigenvalue weighted by Crippen LogP contribution is -2.45. The Bertz CT molecular complexity index is 114. The van der Waals surface area contributed by atoms with Gasteiger partial charge in [0.2, 0.25) is 0 Å². The third-order valence-corrected chi connectivity index (χ3v) is 4.75. The largest absolute Gasteiger partial charge is 0.501 e. The quantitative estimate of drug-likeness (QED) is 0.558. The molecule has 0 N–H and O–H groups in total. The van der Waals surface area contributed by atoms with Crippen LogP contribution >= 0.6 is 0 Å². The lowest BCUT2D eigenvalue weighted by molar-refractivity contribution is 0.0732. The Morgan fingerprint density at radius 3 is 1.57 bits per heavy atom. The van der Waals surface area contributed by atoms with Gasteiger partial charge in [-0.2, -0.15) is 0 Å². The zero-order valence-corrected chi connectivity index (χ0v) is 10.8. The zero-order valence-electron chi connectivity index (χ0n) is 9.84. The van der Waals surface area contributed by atoms with E-state index >= 15 is 0 Å². The maximum absolute atomic E-state index is 5.68. The molecule has 0 heterocycles. The smallest absolute Gasteiger partial charge is 0.374 e. The highest BCUT2D eigenvalue weighted by atomic mass is 28.4. The van der Waals surface area contributed by atoms with Gasteiger partial charge in [0.05, 0.1) is 0 Å². The van der Waals surface area contributed by atoms with Crippen LogP contribution in [0, 0.1) is 6.42 Å². The van der Waals surface area contributed by atoms with E-state index < -0.39 is 8.80 Å². The number of hydrogen-bond acceptors (Lipinski definition) is 3. The molecule has 14 heavy (non-hydrogen) atoms. The molecule has 0 atom stereocenters. The molecule has 0 aliphatic heterocycles. The second-order valence-electron chi connectivity index (χ2n) is 2.88. The Balaban J connectivity index is 4.21. The van der Waals surface area contributed by atoms with Gasteiger partial charge in [0.15, 0.2) is 0 Å². The van der Waals surface area contributed by atoms with Crippen molar-refractivity contribution in [1.82, 2.24) is 0 Å². The van der Waals surface area contributed by atoms with Gasteiger partial charge in [0, 0.05) is 25.9 Å². The standard InChI is InChI=1S/C10H23O3Si/c1-5-9-10-14(11-6-2,12-7-3)13-8-4/h9H,5-8,10H2,1-4H3. The minimum atomic E-state index is -2.37. The molecule has 0 rings (SSSR count). The Labute approximate surface area is 89.1 Å². The van der Waals surface area contributed by atoms with E-state index in [2.05, 4.69) is 13.3 Å². The summed E-state index contributed by atoms with van der Waals surface area (Å²) < 4.78 is 17.0. The van der Waals surface area contributed by atoms with E-state index in [4.69, 9.17) is 13.3 Å². The third-order valence-electron chi connectivity index (χ3n) is 1.78. The van der Waals surface area contributed by atoms with Gasteiger partial charge in [0.25, 0.3) is 0 Å². The average Bonchev–Trinajstić information content (AvgIpc) is 2.16. The predicted octanol–water partition coefficient (Wildman–Crippen LogP) is 2.65. The molecular weight excluding hydrogens is 196 g/mol. The molecule has 0 aromatic carbocycles. The molecule has 0 amide bonds. The highest BCUT2D eigenvalue weighted by Crippen LogP contribution is 2.18. The highest BCUT2D eigenvalue weighted by molar-refractivity contribution is 6.61. The first kappa shape index (κ1) is 14.1. The van der Waals surface area contributed by atoms with Crippen molar-refractivity contribution in [2.24, 2.45) is 0 Å². The first-order valence-corrected chi connectivity index (χ1v) is 7.41. The first-order valence-electron chi connectivity index (χ1n) is 5.48. The maximum Gasteiger partial charge on any atom is 0.501 e. The Morgan fingerprint density at radius 1 is 0.857 bits per heavy atom. The fraction of sp³-hybridized carbons (Fsp3) is 0.900. The molecule has 0 aromatic rings. The summed E-state index contributed by atoms with van der Waals surface area (Å²) in [5, 5.41) is 0. The van der Waals surface area contributed by atoms with E-state index in [9.17, 15) is 0 Å². The van der Waals surface area contributed by atoms with E-state index in [-0.39, 0.29) is 0 Å². The van der Waals surface area contributed by atoms with Crippen LogP contribution in [0.3, 0.4) is 0 Å². The molecule has 0 unspecified atom stereocenters. The molecule has 0 saturated carbocycles. The summed E-state index contributed by atoms with van der Waals surface area (Å²) in [6.45, 7) is 10.0. The van der Waals surface area contributed by atoms with Crippen LogP contribution in [0.1, 0.15) is 34.1 Å². The number of hydrogen-bond donors (Lipinski definition) is 0. The molecule has 85 valence electrons. The van der Waals surface area contributed by atoms with Crippen LogP contribution in [0.5, 0.6) is 0 Å². The maximum atomic E-state index is 5.68. The summed E-state index contributed by atoms with van der Waals surface area (Å²) in [6.07, 6.45) is 3.20. The Morgan fingerprint density at radius 2 is 1.29 bits per heavy atom. The van der Waals surface area contributed by atoms with Gasteiger partial charge in [-0.25, -0.2) is 0 Å². The van der Waals surface area contributed by atoms with E-state index in [1.807, 2.05) is 20.8 Å². The minimum Gasteiger partial charge on any atom is -0.374 e. The summed E-state index contributed by atoms with van der Waals surface area (Å²) in [6, 6.07) is 0.818. The molecule has 0 saturated heterocycles. The van der Waals surface area contributed by atoms with Crippen LogP contribution in [0.15, 0.2) is 0 Å². The zero-order chi connectivity index (χ0) is 10.9. The van der Waals surface area contributed by atoms with Crippen molar-refractivity contribution >= 4 is 8.80 Å². The minimum absolute atomic E-state index is 0.657. The van der Waals surface area contributed by atoms with Gasteiger partial charge in [-0.05, 0) is 27.2 Å². The topological polar surface area (TPSA) is 27.7 Å². The summed E-state index contributed by atoms with van der Waals surface area (Å²) in [5.41, 5.74) is 0. The van der Waals surface area contributed by atoms with Crippen molar-refractivity contribution in [1.29, 1.82) is 0 Å². The number of rotatable bonds is 9. The van der Waals surface area contributed by atoms with Crippen LogP contribution in [0.2, 0.25) is 6.04 Å². The molecular formula is C10H23O3Si.